The highest BCUT2D eigenvalue weighted by Crippen LogP contribution is 2.14. The lowest BCUT2D eigenvalue weighted by molar-refractivity contribution is -0.156. The van der Waals surface area contributed by atoms with E-state index in [0.29, 0.717) is 63.4 Å². The van der Waals surface area contributed by atoms with Crippen LogP contribution in [0.25, 0.3) is 11.4 Å². The van der Waals surface area contributed by atoms with Crippen LogP contribution in [0.4, 0.5) is 0 Å². The molecular formula is C23H33N5O6. The van der Waals surface area contributed by atoms with E-state index in [1.165, 1.54) is 0 Å². The summed E-state index contributed by atoms with van der Waals surface area (Å²) < 4.78 is 21.4. The van der Waals surface area contributed by atoms with Crippen LogP contribution in [0.3, 0.4) is 0 Å². The van der Waals surface area contributed by atoms with E-state index >= 15 is 0 Å². The molecule has 11 heteroatoms. The first-order chi connectivity index (χ1) is 16.2. The molecule has 0 aliphatic heterocycles. The molecule has 2 aromatic rings. The van der Waals surface area contributed by atoms with E-state index in [4.69, 9.17) is 18.9 Å². The highest BCUT2D eigenvalue weighted by atomic mass is 16.6. The second-order valence-corrected chi connectivity index (χ2v) is 8.28. The van der Waals surface area contributed by atoms with Gasteiger partial charge in [0.25, 0.3) is 5.91 Å². The minimum absolute atomic E-state index is 0.198. The molecule has 0 radical (unpaired) electrons. The fraction of sp³-hybridized carbons (Fsp3) is 0.565. The maximum Gasteiger partial charge on any atom is 0.308 e. The number of nitrogens with one attached hydrogen (secondary N) is 1. The molecule has 0 aliphatic rings. The molecule has 0 unspecified atom stereocenters. The van der Waals surface area contributed by atoms with Crippen LogP contribution in [0.1, 0.15) is 43.4 Å². The number of aryl methyl sites for hydroxylation is 1. The van der Waals surface area contributed by atoms with Gasteiger partial charge in [-0.25, -0.2) is 0 Å². The van der Waals surface area contributed by atoms with Crippen LogP contribution < -0.4 is 5.32 Å². The van der Waals surface area contributed by atoms with Crippen LogP contribution in [0, 0.1) is 6.92 Å². The first-order valence-electron chi connectivity index (χ1n) is 11.1. The van der Waals surface area contributed by atoms with Crippen LogP contribution in [0.2, 0.25) is 0 Å². The molecule has 0 atom stereocenters. The van der Waals surface area contributed by atoms with Gasteiger partial charge >= 0.3 is 5.97 Å². The second-order valence-electron chi connectivity index (χ2n) is 8.28. The molecule has 0 bridgehead atoms. The van der Waals surface area contributed by atoms with Crippen LogP contribution in [-0.4, -0.2) is 84.1 Å². The van der Waals surface area contributed by atoms with Crippen molar-refractivity contribution in [3.8, 4) is 11.4 Å². The normalized spacial score (nSPS) is 11.3. The van der Waals surface area contributed by atoms with E-state index in [-0.39, 0.29) is 18.3 Å². The molecule has 1 aromatic heterocycles. The second kappa shape index (κ2) is 14.3. The Balaban J connectivity index is 1.46. The molecule has 2 rings (SSSR count). The summed E-state index contributed by atoms with van der Waals surface area (Å²) in [7, 11) is 0. The largest absolute Gasteiger partial charge is 0.460 e. The number of nitrogens with zero attached hydrogens (tertiary/aromatic N) is 4. The van der Waals surface area contributed by atoms with Crippen molar-refractivity contribution in [3.63, 3.8) is 0 Å². The van der Waals surface area contributed by atoms with Gasteiger partial charge in [0, 0.05) is 17.7 Å². The first-order valence-corrected chi connectivity index (χ1v) is 11.1. The van der Waals surface area contributed by atoms with Gasteiger partial charge in [-0.05, 0) is 39.8 Å². The van der Waals surface area contributed by atoms with E-state index in [1.807, 2.05) is 20.8 Å². The molecule has 186 valence electrons. The highest BCUT2D eigenvalue weighted by Gasteiger charge is 2.15. The quantitative estimate of drug-likeness (QED) is 0.318. The molecule has 0 saturated heterocycles. The minimum Gasteiger partial charge on any atom is -0.460 e. The SMILES string of the molecule is Cc1nnc(-c2ccc(C(=O)NCCOCCOCCOCCC(=O)OC(C)(C)C)cc2)nn1. The Morgan fingerprint density at radius 1 is 0.824 bits per heavy atom. The Hall–Kier alpha value is -3.02. The predicted molar refractivity (Wildman–Crippen MR) is 123 cm³/mol. The third-order valence-corrected chi connectivity index (χ3v) is 4.13. The lowest BCUT2D eigenvalue weighted by atomic mass is 10.1. The van der Waals surface area contributed by atoms with Gasteiger partial charge in [0.1, 0.15) is 5.60 Å². The number of carbonyl (C=O) groups is 2. The number of rotatable bonds is 14. The number of hydrogen-bond donors (Lipinski definition) is 1. The van der Waals surface area contributed by atoms with Gasteiger partial charge in [0.2, 0.25) is 5.82 Å². The summed E-state index contributed by atoms with van der Waals surface area (Å²) in [6.45, 7) is 9.85. The van der Waals surface area contributed by atoms with Gasteiger partial charge in [-0.1, -0.05) is 12.1 Å². The molecule has 34 heavy (non-hydrogen) atoms. The number of carbonyl (C=O) groups excluding carboxylic acids is 2. The van der Waals surface area contributed by atoms with Crippen molar-refractivity contribution in [2.24, 2.45) is 0 Å². The molecule has 1 heterocycles. The smallest absolute Gasteiger partial charge is 0.308 e. The highest BCUT2D eigenvalue weighted by molar-refractivity contribution is 5.94. The average Bonchev–Trinajstić information content (AvgIpc) is 2.79. The van der Waals surface area contributed by atoms with Crippen molar-refractivity contribution >= 4 is 11.9 Å². The molecule has 1 aromatic carbocycles. The Morgan fingerprint density at radius 2 is 1.38 bits per heavy atom. The lowest BCUT2D eigenvalue weighted by Gasteiger charge is -2.19. The maximum atomic E-state index is 12.2. The zero-order valence-corrected chi connectivity index (χ0v) is 20.2. The summed E-state index contributed by atoms with van der Waals surface area (Å²) in [5, 5.41) is 18.5. The van der Waals surface area contributed by atoms with Crippen molar-refractivity contribution in [1.82, 2.24) is 25.7 Å². The van der Waals surface area contributed by atoms with Gasteiger partial charge in [-0.2, -0.15) is 0 Å². The molecule has 1 N–H and O–H groups in total. The third-order valence-electron chi connectivity index (χ3n) is 4.13. The Bertz CT molecular complexity index is 884. The number of amides is 1. The van der Waals surface area contributed by atoms with Gasteiger partial charge < -0.3 is 24.3 Å². The summed E-state index contributed by atoms with van der Waals surface area (Å²) in [5.41, 5.74) is 0.767. The van der Waals surface area contributed by atoms with Crippen molar-refractivity contribution in [2.75, 3.05) is 46.2 Å². The maximum absolute atomic E-state index is 12.2. The predicted octanol–water partition coefficient (Wildman–Crippen LogP) is 1.75. The minimum atomic E-state index is -0.484. The third kappa shape index (κ3) is 11.2. The molecule has 0 fully saturated rings. The van der Waals surface area contributed by atoms with E-state index in [1.54, 1.807) is 31.2 Å². The Labute approximate surface area is 199 Å². The molecular weight excluding hydrogens is 442 g/mol. The fourth-order valence-electron chi connectivity index (χ4n) is 2.59. The van der Waals surface area contributed by atoms with Crippen LogP contribution in [0.5, 0.6) is 0 Å². The van der Waals surface area contributed by atoms with Crippen molar-refractivity contribution < 1.29 is 28.5 Å². The van der Waals surface area contributed by atoms with Gasteiger partial charge in [0.15, 0.2) is 5.82 Å². The van der Waals surface area contributed by atoms with Gasteiger partial charge in [0.05, 0.1) is 46.1 Å². The van der Waals surface area contributed by atoms with Crippen LogP contribution in [-0.2, 0) is 23.7 Å². The van der Waals surface area contributed by atoms with Crippen molar-refractivity contribution in [2.45, 2.75) is 39.7 Å². The van der Waals surface area contributed by atoms with Crippen LogP contribution in [0.15, 0.2) is 24.3 Å². The van der Waals surface area contributed by atoms with E-state index in [2.05, 4.69) is 25.7 Å². The molecule has 0 spiro atoms. The summed E-state index contributed by atoms with van der Waals surface area (Å²) in [6, 6.07) is 6.88. The van der Waals surface area contributed by atoms with Crippen molar-refractivity contribution in [3.05, 3.63) is 35.7 Å². The van der Waals surface area contributed by atoms with Gasteiger partial charge in [-0.3, -0.25) is 9.59 Å². The summed E-state index contributed by atoms with van der Waals surface area (Å²) >= 11 is 0. The van der Waals surface area contributed by atoms with Gasteiger partial charge in [-0.15, -0.1) is 20.4 Å². The summed E-state index contributed by atoms with van der Waals surface area (Å²) in [6.07, 6.45) is 0.215. The number of benzene rings is 1. The van der Waals surface area contributed by atoms with E-state index in [0.717, 1.165) is 5.56 Å². The number of aromatic nitrogens is 4. The monoisotopic (exact) mass is 475 g/mol. The number of ether oxygens (including phenoxy) is 4. The van der Waals surface area contributed by atoms with E-state index in [9.17, 15) is 9.59 Å². The first kappa shape index (κ1) is 27.2. The zero-order chi connectivity index (χ0) is 24.8. The lowest BCUT2D eigenvalue weighted by Crippen LogP contribution is -2.27. The van der Waals surface area contributed by atoms with E-state index < -0.39 is 5.60 Å². The average molecular weight is 476 g/mol. The van der Waals surface area contributed by atoms with Crippen LogP contribution >= 0.6 is 0 Å². The summed E-state index contributed by atoms with van der Waals surface area (Å²) in [5.74, 6) is 0.420. The molecule has 1 amide bonds. The molecule has 0 aliphatic carbocycles. The molecule has 0 saturated carbocycles. The fourth-order valence-corrected chi connectivity index (χ4v) is 2.59. The number of hydrogen-bond acceptors (Lipinski definition) is 10. The topological polar surface area (TPSA) is 135 Å². The zero-order valence-electron chi connectivity index (χ0n) is 20.2. The standard InChI is InChI=1S/C23H33N5O6/c1-17-25-27-21(28-26-17)18-5-7-19(8-6-18)22(30)24-10-12-32-14-16-33-15-13-31-11-9-20(29)34-23(2,3)4/h5-8H,9-16H2,1-4H3,(H,24,30). The summed E-state index contributed by atoms with van der Waals surface area (Å²) in [4.78, 5) is 23.8. The Morgan fingerprint density at radius 3 is 1.97 bits per heavy atom. The van der Waals surface area contributed by atoms with Crippen molar-refractivity contribution in [1.29, 1.82) is 0 Å². The molecule has 11 nitrogen and oxygen atoms in total. The number of esters is 1. The Kier molecular flexibility index (Phi) is 11.4.